The van der Waals surface area contributed by atoms with Crippen LogP contribution in [0.3, 0.4) is 0 Å². The van der Waals surface area contributed by atoms with Gasteiger partial charge in [0, 0.05) is 31.9 Å². The molecule has 9 heteroatoms. The number of amides is 1. The Morgan fingerprint density at radius 3 is 2.63 bits per heavy atom. The maximum atomic E-state index is 13.4. The van der Waals surface area contributed by atoms with Crippen LogP contribution in [0.15, 0.2) is 24.7 Å². The molecule has 1 saturated heterocycles. The third kappa shape index (κ3) is 3.67. The number of carbonyl (C=O) groups excluding carboxylic acids is 1. The zero-order chi connectivity index (χ0) is 21.3. The Bertz CT molecular complexity index is 1060. The zero-order valence-electron chi connectivity index (χ0n) is 17.9. The number of carbonyl (C=O) groups is 1. The monoisotopic (exact) mass is 409 g/mol. The number of rotatable bonds is 5. The summed E-state index contributed by atoms with van der Waals surface area (Å²) in [6.45, 7) is 8.74. The van der Waals surface area contributed by atoms with E-state index >= 15 is 0 Å². The fourth-order valence-electron chi connectivity index (χ4n) is 3.71. The van der Waals surface area contributed by atoms with Gasteiger partial charge in [0.2, 0.25) is 5.88 Å². The van der Waals surface area contributed by atoms with Crippen molar-refractivity contribution in [2.75, 3.05) is 38.2 Å². The summed E-state index contributed by atoms with van der Waals surface area (Å²) in [6, 6.07) is 2.10. The Morgan fingerprint density at radius 2 is 1.93 bits per heavy atom. The van der Waals surface area contributed by atoms with Crippen LogP contribution in [0, 0.1) is 6.92 Å². The second-order valence-electron chi connectivity index (χ2n) is 7.59. The largest absolute Gasteiger partial charge is 0.480 e. The lowest BCUT2D eigenvalue weighted by Gasteiger charge is -2.35. The Hall–Kier alpha value is -3.23. The number of fused-ring (bicyclic) bond motifs is 1. The van der Waals surface area contributed by atoms with Crippen LogP contribution in [-0.2, 0) is 0 Å². The molecular formula is C21H27N7O2. The molecule has 1 fully saturated rings. The van der Waals surface area contributed by atoms with Gasteiger partial charge in [-0.2, -0.15) is 10.1 Å². The van der Waals surface area contributed by atoms with Crippen molar-refractivity contribution in [2.24, 2.45) is 0 Å². The van der Waals surface area contributed by atoms with E-state index in [9.17, 15) is 4.79 Å². The van der Waals surface area contributed by atoms with Crippen molar-refractivity contribution in [2.45, 2.75) is 33.2 Å². The third-order valence-corrected chi connectivity index (χ3v) is 5.63. The highest BCUT2D eigenvalue weighted by molar-refractivity contribution is 6.05. The lowest BCUT2D eigenvalue weighted by atomic mass is 10.1. The van der Waals surface area contributed by atoms with E-state index in [2.05, 4.69) is 38.8 Å². The van der Waals surface area contributed by atoms with Gasteiger partial charge in [-0.1, -0.05) is 6.92 Å². The van der Waals surface area contributed by atoms with E-state index in [0.29, 0.717) is 37.6 Å². The lowest BCUT2D eigenvalue weighted by Crippen LogP contribution is -2.49. The van der Waals surface area contributed by atoms with Gasteiger partial charge >= 0.3 is 0 Å². The van der Waals surface area contributed by atoms with E-state index < -0.39 is 0 Å². The molecule has 9 nitrogen and oxygen atoms in total. The standard InChI is InChI=1S/C21H27N7O2/c1-5-15(3)28-20-17(11-23-28)16(10-14(2)24-20)21(29)27-8-6-26(7-9-27)18-12-22-13-19(25-18)30-4/h10-13,15H,5-9H2,1-4H3. The van der Waals surface area contributed by atoms with Crippen LogP contribution in [0.25, 0.3) is 11.0 Å². The minimum Gasteiger partial charge on any atom is -0.480 e. The SMILES string of the molecule is CCC(C)n1ncc2c(C(=O)N3CCN(c4cncc(OC)n4)CC3)cc(C)nc21. The Labute approximate surface area is 175 Å². The smallest absolute Gasteiger partial charge is 0.254 e. The number of pyridine rings is 1. The fraction of sp³-hybridized carbons (Fsp3) is 0.476. The molecule has 0 spiro atoms. The number of piperazine rings is 1. The topological polar surface area (TPSA) is 89.3 Å². The van der Waals surface area contributed by atoms with E-state index in [-0.39, 0.29) is 11.9 Å². The number of nitrogens with zero attached hydrogens (tertiary/aromatic N) is 7. The van der Waals surface area contributed by atoms with Gasteiger partial charge in [-0.15, -0.1) is 0 Å². The van der Waals surface area contributed by atoms with Crippen LogP contribution in [0.4, 0.5) is 5.82 Å². The van der Waals surface area contributed by atoms with Crippen molar-refractivity contribution in [3.05, 3.63) is 35.9 Å². The first kappa shape index (κ1) is 20.1. The first-order valence-electron chi connectivity index (χ1n) is 10.3. The third-order valence-electron chi connectivity index (χ3n) is 5.63. The summed E-state index contributed by atoms with van der Waals surface area (Å²) in [5, 5.41) is 5.32. The summed E-state index contributed by atoms with van der Waals surface area (Å²) in [6.07, 6.45) is 6.02. The Balaban J connectivity index is 1.54. The van der Waals surface area contributed by atoms with Gasteiger partial charge in [-0.05, 0) is 26.3 Å². The summed E-state index contributed by atoms with van der Waals surface area (Å²) >= 11 is 0. The highest BCUT2D eigenvalue weighted by Crippen LogP contribution is 2.24. The van der Waals surface area contributed by atoms with Crippen molar-refractivity contribution >= 4 is 22.8 Å². The Kier molecular flexibility index (Phi) is 5.52. The fourth-order valence-corrected chi connectivity index (χ4v) is 3.71. The van der Waals surface area contributed by atoms with Crippen LogP contribution >= 0.6 is 0 Å². The van der Waals surface area contributed by atoms with Gasteiger partial charge < -0.3 is 14.5 Å². The number of hydrogen-bond acceptors (Lipinski definition) is 7. The van der Waals surface area contributed by atoms with Gasteiger partial charge in [-0.25, -0.2) is 9.67 Å². The van der Waals surface area contributed by atoms with Crippen molar-refractivity contribution in [3.63, 3.8) is 0 Å². The first-order chi connectivity index (χ1) is 14.5. The second kappa shape index (κ2) is 8.25. The highest BCUT2D eigenvalue weighted by Gasteiger charge is 2.26. The van der Waals surface area contributed by atoms with Crippen molar-refractivity contribution < 1.29 is 9.53 Å². The van der Waals surface area contributed by atoms with Crippen LogP contribution in [0.1, 0.15) is 42.4 Å². The van der Waals surface area contributed by atoms with Crippen LogP contribution in [0.5, 0.6) is 5.88 Å². The average Bonchev–Trinajstić information content (AvgIpc) is 3.21. The van der Waals surface area contributed by atoms with Gasteiger partial charge in [0.05, 0.1) is 42.7 Å². The molecule has 30 heavy (non-hydrogen) atoms. The van der Waals surface area contributed by atoms with Crippen LogP contribution in [-0.4, -0.2) is 68.8 Å². The average molecular weight is 409 g/mol. The normalized spacial score (nSPS) is 15.5. The summed E-state index contributed by atoms with van der Waals surface area (Å²) < 4.78 is 7.08. The minimum absolute atomic E-state index is 0.0191. The molecule has 0 aromatic carbocycles. The number of aromatic nitrogens is 5. The quantitative estimate of drug-likeness (QED) is 0.639. The molecule has 4 heterocycles. The number of methoxy groups -OCH3 is 1. The van der Waals surface area contributed by atoms with Gasteiger partial charge in [-0.3, -0.25) is 9.78 Å². The molecule has 0 saturated carbocycles. The molecule has 3 aromatic heterocycles. The molecule has 0 radical (unpaired) electrons. The van der Waals surface area contributed by atoms with E-state index in [1.807, 2.05) is 22.6 Å². The van der Waals surface area contributed by atoms with Crippen molar-refractivity contribution in [1.29, 1.82) is 0 Å². The number of ether oxygens (including phenoxy) is 1. The van der Waals surface area contributed by atoms with Gasteiger partial charge in [0.1, 0.15) is 0 Å². The zero-order valence-corrected chi connectivity index (χ0v) is 17.9. The maximum Gasteiger partial charge on any atom is 0.254 e. The molecule has 1 unspecified atom stereocenters. The highest BCUT2D eigenvalue weighted by atomic mass is 16.5. The molecule has 1 aliphatic heterocycles. The summed E-state index contributed by atoms with van der Waals surface area (Å²) in [5.41, 5.74) is 2.26. The molecule has 0 N–H and O–H groups in total. The maximum absolute atomic E-state index is 13.4. The molecule has 0 aliphatic carbocycles. The molecular weight excluding hydrogens is 382 g/mol. The Morgan fingerprint density at radius 1 is 1.17 bits per heavy atom. The summed E-state index contributed by atoms with van der Waals surface area (Å²) in [5.74, 6) is 1.27. The molecule has 1 amide bonds. The van der Waals surface area contributed by atoms with Crippen molar-refractivity contribution in [3.8, 4) is 5.88 Å². The summed E-state index contributed by atoms with van der Waals surface area (Å²) in [7, 11) is 1.57. The number of aryl methyl sites for hydroxylation is 1. The predicted molar refractivity (Wildman–Crippen MR) is 114 cm³/mol. The van der Waals surface area contributed by atoms with Crippen LogP contribution < -0.4 is 9.64 Å². The van der Waals surface area contributed by atoms with Gasteiger partial charge in [0.25, 0.3) is 5.91 Å². The summed E-state index contributed by atoms with van der Waals surface area (Å²) in [4.78, 5) is 30.6. The predicted octanol–water partition coefficient (Wildman–Crippen LogP) is 2.47. The molecule has 1 atom stereocenters. The molecule has 4 rings (SSSR count). The van der Waals surface area contributed by atoms with Crippen LogP contribution in [0.2, 0.25) is 0 Å². The molecule has 1 aliphatic rings. The lowest BCUT2D eigenvalue weighted by molar-refractivity contribution is 0.0748. The van der Waals surface area contributed by atoms with E-state index in [4.69, 9.17) is 4.74 Å². The second-order valence-corrected chi connectivity index (χ2v) is 7.59. The minimum atomic E-state index is 0.0191. The van der Waals surface area contributed by atoms with E-state index in [1.165, 1.54) is 0 Å². The van der Waals surface area contributed by atoms with Gasteiger partial charge in [0.15, 0.2) is 11.5 Å². The van der Waals surface area contributed by atoms with E-state index in [1.54, 1.807) is 25.7 Å². The molecule has 158 valence electrons. The van der Waals surface area contributed by atoms with E-state index in [0.717, 1.165) is 29.0 Å². The number of hydrogen-bond donors (Lipinski definition) is 0. The number of anilines is 1. The molecule has 3 aromatic rings. The van der Waals surface area contributed by atoms with Crippen molar-refractivity contribution in [1.82, 2.24) is 29.6 Å². The molecule has 0 bridgehead atoms. The first-order valence-corrected chi connectivity index (χ1v) is 10.3.